The standard InChI is InChI=1S/C22H19N5S/c1-27-18-9-8-17-20(15(18)11-24-27)13-4-2-3-5-14(13)21(25-17)12-6-7-16-19(10-12)28-22(23)26-16/h6-11H,2-5H2,1H3,(H2,23,26). The predicted octanol–water partition coefficient (Wildman–Crippen LogP) is 4.86. The number of nitrogens with two attached hydrogens (primary N) is 1. The van der Waals surface area contributed by atoms with Crippen LogP contribution in [0.4, 0.5) is 5.13 Å². The zero-order chi connectivity index (χ0) is 18.8. The lowest BCUT2D eigenvalue weighted by molar-refractivity contribution is 0.689. The van der Waals surface area contributed by atoms with E-state index in [2.05, 4.69) is 40.4 Å². The van der Waals surface area contributed by atoms with Crippen LogP contribution in [0.1, 0.15) is 24.0 Å². The summed E-state index contributed by atoms with van der Waals surface area (Å²) in [5, 5.41) is 7.59. The minimum Gasteiger partial charge on any atom is -0.375 e. The molecule has 0 radical (unpaired) electrons. The van der Waals surface area contributed by atoms with Crippen molar-refractivity contribution in [2.45, 2.75) is 25.7 Å². The van der Waals surface area contributed by atoms with E-state index < -0.39 is 0 Å². The fourth-order valence-corrected chi connectivity index (χ4v) is 5.36. The van der Waals surface area contributed by atoms with Crippen LogP contribution in [0, 0.1) is 0 Å². The van der Waals surface area contributed by atoms with Crippen molar-refractivity contribution in [3.05, 3.63) is 47.7 Å². The number of rotatable bonds is 1. The van der Waals surface area contributed by atoms with E-state index in [1.165, 1.54) is 46.1 Å². The zero-order valence-corrected chi connectivity index (χ0v) is 16.4. The molecule has 0 aliphatic heterocycles. The van der Waals surface area contributed by atoms with Crippen LogP contribution in [0.25, 0.3) is 43.3 Å². The normalized spacial score (nSPS) is 14.2. The summed E-state index contributed by atoms with van der Waals surface area (Å²) in [5.74, 6) is 0. The molecule has 0 amide bonds. The Morgan fingerprint density at radius 3 is 2.71 bits per heavy atom. The third-order valence-electron chi connectivity index (χ3n) is 5.88. The molecule has 6 heteroatoms. The first-order chi connectivity index (χ1) is 13.7. The summed E-state index contributed by atoms with van der Waals surface area (Å²) in [7, 11) is 2.00. The van der Waals surface area contributed by atoms with Gasteiger partial charge in [-0.15, -0.1) is 0 Å². The van der Waals surface area contributed by atoms with Crippen molar-refractivity contribution in [1.29, 1.82) is 0 Å². The quantitative estimate of drug-likeness (QED) is 0.447. The fourth-order valence-electron chi connectivity index (χ4n) is 4.59. The number of aryl methyl sites for hydroxylation is 2. The highest BCUT2D eigenvalue weighted by molar-refractivity contribution is 7.22. The van der Waals surface area contributed by atoms with Gasteiger partial charge in [-0.25, -0.2) is 9.97 Å². The molecule has 0 bridgehead atoms. The van der Waals surface area contributed by atoms with Gasteiger partial charge >= 0.3 is 0 Å². The largest absolute Gasteiger partial charge is 0.375 e. The molecule has 0 atom stereocenters. The smallest absolute Gasteiger partial charge is 0.181 e. The molecule has 138 valence electrons. The van der Waals surface area contributed by atoms with Crippen molar-refractivity contribution >= 4 is 48.5 Å². The molecule has 1 aliphatic rings. The SMILES string of the molecule is Cn1ncc2c3c4c(c(-c5ccc6nc(N)sc6c5)nc3ccc21)CCCC4. The van der Waals surface area contributed by atoms with E-state index >= 15 is 0 Å². The van der Waals surface area contributed by atoms with Gasteiger partial charge in [0.05, 0.1) is 33.1 Å². The summed E-state index contributed by atoms with van der Waals surface area (Å²) < 4.78 is 3.06. The van der Waals surface area contributed by atoms with Gasteiger partial charge < -0.3 is 5.73 Å². The van der Waals surface area contributed by atoms with E-state index in [-0.39, 0.29) is 0 Å². The number of hydrogen-bond acceptors (Lipinski definition) is 5. The lowest BCUT2D eigenvalue weighted by Crippen LogP contribution is -2.08. The Labute approximate surface area is 165 Å². The number of nitrogens with zero attached hydrogens (tertiary/aromatic N) is 4. The first kappa shape index (κ1) is 16.0. The third-order valence-corrected chi connectivity index (χ3v) is 6.72. The average molecular weight is 385 g/mol. The highest BCUT2D eigenvalue weighted by Gasteiger charge is 2.21. The van der Waals surface area contributed by atoms with Gasteiger partial charge in [0, 0.05) is 23.4 Å². The van der Waals surface area contributed by atoms with Gasteiger partial charge in [-0.1, -0.05) is 17.4 Å². The van der Waals surface area contributed by atoms with Gasteiger partial charge in [-0.3, -0.25) is 4.68 Å². The second-order valence-electron chi connectivity index (χ2n) is 7.52. The van der Waals surface area contributed by atoms with E-state index in [1.807, 2.05) is 17.9 Å². The van der Waals surface area contributed by atoms with Gasteiger partial charge in [-0.2, -0.15) is 5.10 Å². The van der Waals surface area contributed by atoms with Gasteiger partial charge in [0.15, 0.2) is 5.13 Å². The topological polar surface area (TPSA) is 69.6 Å². The lowest BCUT2D eigenvalue weighted by atomic mass is 9.85. The number of fused-ring (bicyclic) bond motifs is 6. The van der Waals surface area contributed by atoms with Crippen molar-refractivity contribution in [2.75, 3.05) is 5.73 Å². The summed E-state index contributed by atoms with van der Waals surface area (Å²) in [6, 6.07) is 10.6. The third kappa shape index (κ3) is 2.21. The van der Waals surface area contributed by atoms with Gasteiger partial charge in [0.25, 0.3) is 0 Å². The first-order valence-corrected chi connectivity index (χ1v) is 10.4. The second-order valence-corrected chi connectivity index (χ2v) is 8.58. The number of thiazole rings is 1. The molecule has 0 fully saturated rings. The minimum atomic E-state index is 0.611. The van der Waals surface area contributed by atoms with Crippen LogP contribution in [0.2, 0.25) is 0 Å². The Morgan fingerprint density at radius 1 is 1.00 bits per heavy atom. The van der Waals surface area contributed by atoms with Crippen LogP contribution in [0.3, 0.4) is 0 Å². The molecule has 3 aromatic heterocycles. The summed E-state index contributed by atoms with van der Waals surface area (Å²) in [5.41, 5.74) is 14.2. The zero-order valence-electron chi connectivity index (χ0n) is 15.6. The van der Waals surface area contributed by atoms with E-state index in [9.17, 15) is 0 Å². The Kier molecular flexibility index (Phi) is 3.29. The monoisotopic (exact) mass is 385 g/mol. The molecule has 6 rings (SSSR count). The molecular weight excluding hydrogens is 366 g/mol. The highest BCUT2D eigenvalue weighted by Crippen LogP contribution is 2.39. The van der Waals surface area contributed by atoms with Crippen molar-refractivity contribution in [3.63, 3.8) is 0 Å². The van der Waals surface area contributed by atoms with Gasteiger partial charge in [0.1, 0.15) is 0 Å². The fraction of sp³-hybridized carbons (Fsp3) is 0.227. The minimum absolute atomic E-state index is 0.611. The van der Waals surface area contributed by atoms with Crippen molar-refractivity contribution in [3.8, 4) is 11.3 Å². The van der Waals surface area contributed by atoms with E-state index in [0.717, 1.165) is 45.3 Å². The number of nitrogen functional groups attached to an aromatic ring is 1. The molecule has 1 aliphatic carbocycles. The van der Waals surface area contributed by atoms with E-state index in [4.69, 9.17) is 10.7 Å². The van der Waals surface area contributed by atoms with E-state index in [1.54, 1.807) is 0 Å². The Balaban J connectivity index is 1.69. The molecule has 2 N–H and O–H groups in total. The van der Waals surface area contributed by atoms with Crippen LogP contribution in [-0.4, -0.2) is 19.7 Å². The molecule has 5 nitrogen and oxygen atoms in total. The maximum Gasteiger partial charge on any atom is 0.181 e. The summed E-state index contributed by atoms with van der Waals surface area (Å²) in [6.07, 6.45) is 6.61. The molecule has 0 spiro atoms. The second kappa shape index (κ2) is 5.75. The van der Waals surface area contributed by atoms with Crippen LogP contribution in [-0.2, 0) is 19.9 Å². The van der Waals surface area contributed by atoms with Crippen LogP contribution in [0.15, 0.2) is 36.5 Å². The summed E-state index contributed by atoms with van der Waals surface area (Å²) in [4.78, 5) is 9.54. The molecule has 3 heterocycles. The number of aromatic nitrogens is 4. The van der Waals surface area contributed by atoms with Crippen LogP contribution < -0.4 is 5.73 Å². The number of pyridine rings is 1. The number of anilines is 1. The Morgan fingerprint density at radius 2 is 1.82 bits per heavy atom. The molecule has 2 aromatic carbocycles. The summed E-state index contributed by atoms with van der Waals surface area (Å²) in [6.45, 7) is 0. The van der Waals surface area contributed by atoms with E-state index in [0.29, 0.717) is 5.13 Å². The van der Waals surface area contributed by atoms with Gasteiger partial charge in [0.2, 0.25) is 0 Å². The molecule has 0 saturated carbocycles. The number of hydrogen-bond donors (Lipinski definition) is 1. The molecule has 0 saturated heterocycles. The first-order valence-electron chi connectivity index (χ1n) is 9.61. The molecule has 0 unspecified atom stereocenters. The molecule has 28 heavy (non-hydrogen) atoms. The van der Waals surface area contributed by atoms with Crippen molar-refractivity contribution in [1.82, 2.24) is 19.7 Å². The predicted molar refractivity (Wildman–Crippen MR) is 116 cm³/mol. The summed E-state index contributed by atoms with van der Waals surface area (Å²) >= 11 is 1.53. The Bertz CT molecular complexity index is 1400. The van der Waals surface area contributed by atoms with Crippen molar-refractivity contribution < 1.29 is 0 Å². The highest BCUT2D eigenvalue weighted by atomic mass is 32.1. The molecule has 5 aromatic rings. The maximum atomic E-state index is 5.90. The van der Waals surface area contributed by atoms with Crippen LogP contribution >= 0.6 is 11.3 Å². The van der Waals surface area contributed by atoms with Gasteiger partial charge in [-0.05, 0) is 61.1 Å². The Hall–Kier alpha value is -2.99. The van der Waals surface area contributed by atoms with Crippen LogP contribution in [0.5, 0.6) is 0 Å². The maximum absolute atomic E-state index is 5.90. The van der Waals surface area contributed by atoms with Crippen molar-refractivity contribution in [2.24, 2.45) is 7.05 Å². The lowest BCUT2D eigenvalue weighted by Gasteiger charge is -2.22. The molecular formula is C22H19N5S. The number of benzene rings is 2. The average Bonchev–Trinajstić information content (AvgIpc) is 3.28.